The van der Waals surface area contributed by atoms with Gasteiger partial charge in [-0.2, -0.15) is 0 Å². The summed E-state index contributed by atoms with van der Waals surface area (Å²) in [4.78, 5) is 10.6. The molecule has 1 rings (SSSR count). The quantitative estimate of drug-likeness (QED) is 0.753. The van der Waals surface area contributed by atoms with E-state index in [1.165, 1.54) is 38.1 Å². The molecule has 0 saturated heterocycles. The molecular weight excluding hydrogens is 184 g/mol. The molecule has 0 fully saturated rings. The minimum atomic E-state index is -1.38. The summed E-state index contributed by atoms with van der Waals surface area (Å²) < 4.78 is 5.15. The van der Waals surface area contributed by atoms with Gasteiger partial charge in [-0.3, -0.25) is 0 Å². The fourth-order valence-electron chi connectivity index (χ4n) is 0.850. The predicted octanol–water partition coefficient (Wildman–Crippen LogP) is 0.299. The maximum atomic E-state index is 10.6. The zero-order valence-electron chi connectivity index (χ0n) is 7.98. The van der Waals surface area contributed by atoms with Crippen molar-refractivity contribution < 1.29 is 19.7 Å². The van der Waals surface area contributed by atoms with E-state index < -0.39 is 11.6 Å². The highest BCUT2D eigenvalue weighted by Crippen LogP contribution is 2.20. The second kappa shape index (κ2) is 3.57. The minimum absolute atomic E-state index is 0.101. The van der Waals surface area contributed by atoms with Crippen molar-refractivity contribution in [2.24, 2.45) is 0 Å². The molecule has 0 amide bonds. The summed E-state index contributed by atoms with van der Waals surface area (Å²) in [5.41, 5.74) is -1.38. The van der Waals surface area contributed by atoms with Gasteiger partial charge in [-0.05, 0) is 38.1 Å². The summed E-state index contributed by atoms with van der Waals surface area (Å²) >= 11 is 0. The van der Waals surface area contributed by atoms with Crippen LogP contribution in [0.5, 0.6) is 11.5 Å². The molecule has 0 aliphatic heterocycles. The molecule has 0 aliphatic rings. The number of phenols is 1. The standard InChI is InChI=1S/C10H12O4/c1-10(2,9(12)13)14-8-5-3-7(11)4-6-8/h3-6,11H,1-2H3,(H,12,13)/p-1. The van der Waals surface area contributed by atoms with Crippen LogP contribution in [0.1, 0.15) is 13.8 Å². The number of carboxylic acids is 1. The summed E-state index contributed by atoms with van der Waals surface area (Å²) in [6.07, 6.45) is 0. The number of carbonyl (C=O) groups is 1. The molecule has 4 nitrogen and oxygen atoms in total. The van der Waals surface area contributed by atoms with Crippen molar-refractivity contribution in [2.45, 2.75) is 19.4 Å². The summed E-state index contributed by atoms with van der Waals surface area (Å²) in [6.45, 7) is 2.80. The Morgan fingerprint density at radius 1 is 1.36 bits per heavy atom. The van der Waals surface area contributed by atoms with Gasteiger partial charge < -0.3 is 19.7 Å². The molecule has 4 heteroatoms. The molecule has 1 aromatic rings. The first-order valence-corrected chi connectivity index (χ1v) is 4.11. The number of aromatic hydroxyl groups is 1. The Bertz CT molecular complexity index is 326. The molecule has 14 heavy (non-hydrogen) atoms. The first-order chi connectivity index (χ1) is 6.42. The van der Waals surface area contributed by atoms with Gasteiger partial charge >= 0.3 is 0 Å². The molecular formula is C10H11O4-. The number of hydrogen-bond acceptors (Lipinski definition) is 4. The van der Waals surface area contributed by atoms with Crippen LogP contribution in [0.15, 0.2) is 24.3 Å². The van der Waals surface area contributed by atoms with Crippen molar-refractivity contribution in [1.82, 2.24) is 0 Å². The summed E-state index contributed by atoms with van der Waals surface area (Å²) in [7, 11) is 0. The third kappa shape index (κ3) is 2.39. The second-order valence-corrected chi connectivity index (χ2v) is 3.39. The molecule has 0 heterocycles. The van der Waals surface area contributed by atoms with E-state index in [9.17, 15) is 9.90 Å². The molecule has 0 spiro atoms. The number of rotatable bonds is 3. The number of hydrogen-bond donors (Lipinski definition) is 1. The van der Waals surface area contributed by atoms with Crippen LogP contribution in [-0.2, 0) is 4.79 Å². The zero-order valence-corrected chi connectivity index (χ0v) is 7.98. The highest BCUT2D eigenvalue weighted by Gasteiger charge is 2.21. The van der Waals surface area contributed by atoms with Crippen LogP contribution in [0.25, 0.3) is 0 Å². The number of carboxylic acid groups (broad SMARTS) is 1. The molecule has 0 aromatic heterocycles. The fraction of sp³-hybridized carbons (Fsp3) is 0.300. The smallest absolute Gasteiger partial charge is 0.143 e. The van der Waals surface area contributed by atoms with E-state index in [2.05, 4.69) is 0 Å². The summed E-state index contributed by atoms with van der Waals surface area (Å²) in [5, 5.41) is 19.6. The van der Waals surface area contributed by atoms with E-state index in [0.717, 1.165) is 0 Å². The Hall–Kier alpha value is -1.71. The Morgan fingerprint density at radius 2 is 1.86 bits per heavy atom. The number of phenolic OH excluding ortho intramolecular Hbond substituents is 1. The second-order valence-electron chi connectivity index (χ2n) is 3.39. The molecule has 0 unspecified atom stereocenters. The van der Waals surface area contributed by atoms with Crippen LogP contribution in [-0.4, -0.2) is 16.7 Å². The lowest BCUT2D eigenvalue weighted by Crippen LogP contribution is -2.47. The van der Waals surface area contributed by atoms with Crippen LogP contribution in [0.3, 0.4) is 0 Å². The van der Waals surface area contributed by atoms with Gasteiger partial charge in [0.05, 0.1) is 5.97 Å². The van der Waals surface area contributed by atoms with Gasteiger partial charge in [0.1, 0.15) is 17.1 Å². The van der Waals surface area contributed by atoms with E-state index >= 15 is 0 Å². The van der Waals surface area contributed by atoms with Crippen LogP contribution in [0, 0.1) is 0 Å². The first-order valence-electron chi connectivity index (χ1n) is 4.11. The van der Waals surface area contributed by atoms with Crippen molar-refractivity contribution in [3.8, 4) is 11.5 Å². The highest BCUT2D eigenvalue weighted by atomic mass is 16.5. The first kappa shape index (κ1) is 10.4. The third-order valence-corrected chi connectivity index (χ3v) is 1.70. The van der Waals surface area contributed by atoms with Gasteiger partial charge in [-0.15, -0.1) is 0 Å². The summed E-state index contributed by atoms with van der Waals surface area (Å²) in [6, 6.07) is 5.81. The van der Waals surface area contributed by atoms with Crippen LogP contribution >= 0.6 is 0 Å². The van der Waals surface area contributed by atoms with Gasteiger partial charge in [0.25, 0.3) is 0 Å². The van der Waals surface area contributed by atoms with Crippen molar-refractivity contribution >= 4 is 5.97 Å². The molecule has 0 aliphatic carbocycles. The molecule has 0 radical (unpaired) electrons. The summed E-state index contributed by atoms with van der Waals surface area (Å²) in [5.74, 6) is -0.814. The fourth-order valence-corrected chi connectivity index (χ4v) is 0.850. The van der Waals surface area contributed by atoms with E-state index in [1.807, 2.05) is 0 Å². The Balaban J connectivity index is 2.79. The van der Waals surface area contributed by atoms with Gasteiger partial charge in [-0.1, -0.05) is 0 Å². The molecule has 0 atom stereocenters. The number of benzene rings is 1. The van der Waals surface area contributed by atoms with Gasteiger partial charge in [0.2, 0.25) is 0 Å². The van der Waals surface area contributed by atoms with Crippen LogP contribution < -0.4 is 9.84 Å². The average Bonchev–Trinajstić information content (AvgIpc) is 2.08. The van der Waals surface area contributed by atoms with E-state index in [0.29, 0.717) is 5.75 Å². The van der Waals surface area contributed by atoms with Crippen molar-refractivity contribution in [3.63, 3.8) is 0 Å². The normalized spacial score (nSPS) is 11.0. The predicted molar refractivity (Wildman–Crippen MR) is 47.8 cm³/mol. The minimum Gasteiger partial charge on any atom is -0.546 e. The van der Waals surface area contributed by atoms with Crippen molar-refractivity contribution in [2.75, 3.05) is 0 Å². The highest BCUT2D eigenvalue weighted by molar-refractivity contribution is 5.74. The SMILES string of the molecule is CC(C)(Oc1ccc(O)cc1)C(=O)[O-]. The largest absolute Gasteiger partial charge is 0.546 e. The number of aliphatic carboxylic acids is 1. The van der Waals surface area contributed by atoms with Gasteiger partial charge in [-0.25, -0.2) is 0 Å². The number of ether oxygens (including phenoxy) is 1. The maximum Gasteiger partial charge on any atom is 0.143 e. The van der Waals surface area contributed by atoms with Gasteiger partial charge in [0.15, 0.2) is 0 Å². The van der Waals surface area contributed by atoms with Crippen molar-refractivity contribution in [3.05, 3.63) is 24.3 Å². The molecule has 76 valence electrons. The zero-order chi connectivity index (χ0) is 10.8. The maximum absolute atomic E-state index is 10.6. The Morgan fingerprint density at radius 3 is 2.29 bits per heavy atom. The molecule has 1 aromatic carbocycles. The van der Waals surface area contributed by atoms with Crippen LogP contribution in [0.4, 0.5) is 0 Å². The molecule has 0 saturated carbocycles. The lowest BCUT2D eigenvalue weighted by Gasteiger charge is -2.27. The Kier molecular flexibility index (Phi) is 2.65. The molecule has 0 bridgehead atoms. The van der Waals surface area contributed by atoms with Gasteiger partial charge in [0, 0.05) is 0 Å². The van der Waals surface area contributed by atoms with E-state index in [-0.39, 0.29) is 5.75 Å². The third-order valence-electron chi connectivity index (χ3n) is 1.70. The van der Waals surface area contributed by atoms with Crippen LogP contribution in [0.2, 0.25) is 0 Å². The monoisotopic (exact) mass is 195 g/mol. The topological polar surface area (TPSA) is 69.6 Å². The lowest BCUT2D eigenvalue weighted by atomic mass is 10.1. The Labute approximate surface area is 81.8 Å². The average molecular weight is 195 g/mol. The van der Waals surface area contributed by atoms with E-state index in [1.54, 1.807) is 0 Å². The molecule has 1 N–H and O–H groups in total. The van der Waals surface area contributed by atoms with E-state index in [4.69, 9.17) is 9.84 Å². The van der Waals surface area contributed by atoms with Crippen molar-refractivity contribution in [1.29, 1.82) is 0 Å². The lowest BCUT2D eigenvalue weighted by molar-refractivity contribution is -0.320. The number of carbonyl (C=O) groups excluding carboxylic acids is 1.